The fraction of sp³-hybridized carbons (Fsp3) is 0.658. The highest BCUT2D eigenvalue weighted by atomic mass is 16.5. The van der Waals surface area contributed by atoms with Crippen molar-refractivity contribution in [3.05, 3.63) is 54.1 Å². The molecule has 3 rings (SSSR count). The summed E-state index contributed by atoms with van der Waals surface area (Å²) in [5.41, 5.74) is 3.74. The summed E-state index contributed by atoms with van der Waals surface area (Å²) in [6, 6.07) is 20.1. The first kappa shape index (κ1) is 32.2. The first-order chi connectivity index (χ1) is 19.7. The van der Waals surface area contributed by atoms with Crippen LogP contribution in [0.4, 0.5) is 0 Å². The Labute approximate surface area is 246 Å². The second-order valence-electron chi connectivity index (χ2n) is 12.5. The van der Waals surface area contributed by atoms with Crippen molar-refractivity contribution in [1.82, 2.24) is 0 Å². The minimum atomic E-state index is 0.147. The summed E-state index contributed by atoms with van der Waals surface area (Å²) in [6.07, 6.45) is 24.9. The van der Waals surface area contributed by atoms with Gasteiger partial charge in [0.05, 0.1) is 18.6 Å². The van der Waals surface area contributed by atoms with Gasteiger partial charge in [-0.15, -0.1) is 0 Å². The predicted octanol–water partition coefficient (Wildman–Crippen LogP) is 11.7. The first-order valence-electron chi connectivity index (χ1n) is 16.9. The largest absolute Gasteiger partial charge is 0.494 e. The molecule has 1 unspecified atom stereocenters. The van der Waals surface area contributed by atoms with Crippen molar-refractivity contribution in [2.75, 3.05) is 6.61 Å². The van der Waals surface area contributed by atoms with Gasteiger partial charge in [-0.2, -0.15) is 5.26 Å². The smallest absolute Gasteiger partial charge is 0.119 e. The summed E-state index contributed by atoms with van der Waals surface area (Å²) in [7, 11) is 0. The molecule has 220 valence electrons. The lowest BCUT2D eigenvalue weighted by Gasteiger charge is -2.31. The van der Waals surface area contributed by atoms with E-state index in [0.29, 0.717) is 5.92 Å². The van der Waals surface area contributed by atoms with Gasteiger partial charge in [0, 0.05) is 0 Å². The molecule has 2 aromatic carbocycles. The summed E-state index contributed by atoms with van der Waals surface area (Å²) in [6.45, 7) is 5.37. The van der Waals surface area contributed by atoms with Crippen LogP contribution in [-0.4, -0.2) is 6.61 Å². The zero-order valence-electron chi connectivity index (χ0n) is 25.8. The van der Waals surface area contributed by atoms with Gasteiger partial charge in [-0.25, -0.2) is 0 Å². The highest BCUT2D eigenvalue weighted by molar-refractivity contribution is 5.64. The van der Waals surface area contributed by atoms with Gasteiger partial charge in [0.2, 0.25) is 0 Å². The van der Waals surface area contributed by atoms with Crippen molar-refractivity contribution in [2.24, 2.45) is 17.8 Å². The van der Waals surface area contributed by atoms with Crippen LogP contribution >= 0.6 is 0 Å². The van der Waals surface area contributed by atoms with Crippen LogP contribution in [0.1, 0.15) is 135 Å². The summed E-state index contributed by atoms with van der Waals surface area (Å²) in [5.74, 6) is 2.58. The van der Waals surface area contributed by atoms with Crippen LogP contribution in [0.3, 0.4) is 0 Å². The van der Waals surface area contributed by atoms with Gasteiger partial charge in [-0.3, -0.25) is 0 Å². The standard InChI is InChI=1S/C38H57NO/c1-3-5-7-9-10-11-13-15-29-40-38-27-25-35(26-28-38)34-23-19-33(20-24-34)30-37(31-39)36-21-17-32(18-22-36)16-14-12-8-6-4-2/h19-20,23-28,32,36-37H,3-18,21-22,29-30H2,1-2H3. The maximum absolute atomic E-state index is 9.97. The molecule has 2 aromatic rings. The molecule has 0 N–H and O–H groups in total. The van der Waals surface area contributed by atoms with Crippen molar-refractivity contribution < 1.29 is 4.74 Å². The van der Waals surface area contributed by atoms with Gasteiger partial charge in [0.1, 0.15) is 5.75 Å². The Morgan fingerprint density at radius 3 is 1.77 bits per heavy atom. The van der Waals surface area contributed by atoms with E-state index in [1.54, 1.807) is 0 Å². The van der Waals surface area contributed by atoms with Gasteiger partial charge in [-0.05, 0) is 66.3 Å². The van der Waals surface area contributed by atoms with Crippen LogP contribution in [0, 0.1) is 29.1 Å². The molecule has 40 heavy (non-hydrogen) atoms. The minimum absolute atomic E-state index is 0.147. The van der Waals surface area contributed by atoms with Crippen LogP contribution in [0.15, 0.2) is 48.5 Å². The van der Waals surface area contributed by atoms with Crippen molar-refractivity contribution in [1.29, 1.82) is 5.26 Å². The van der Waals surface area contributed by atoms with Gasteiger partial charge >= 0.3 is 0 Å². The number of ether oxygens (including phenoxy) is 1. The van der Waals surface area contributed by atoms with Crippen LogP contribution < -0.4 is 4.74 Å². The Morgan fingerprint density at radius 2 is 1.20 bits per heavy atom. The van der Waals surface area contributed by atoms with E-state index in [0.717, 1.165) is 31.1 Å². The topological polar surface area (TPSA) is 33.0 Å². The lowest BCUT2D eigenvalue weighted by molar-refractivity contribution is 0.220. The second-order valence-corrected chi connectivity index (χ2v) is 12.5. The van der Waals surface area contributed by atoms with Crippen LogP contribution in [-0.2, 0) is 6.42 Å². The summed E-state index contributed by atoms with van der Waals surface area (Å²) < 4.78 is 5.98. The van der Waals surface area contributed by atoms with Crippen LogP contribution in [0.5, 0.6) is 5.75 Å². The molecule has 0 heterocycles. The fourth-order valence-corrected chi connectivity index (χ4v) is 6.49. The van der Waals surface area contributed by atoms with E-state index in [9.17, 15) is 5.26 Å². The first-order valence-corrected chi connectivity index (χ1v) is 16.9. The Hall–Kier alpha value is -2.27. The average Bonchev–Trinajstić information content (AvgIpc) is 3.00. The highest BCUT2D eigenvalue weighted by Gasteiger charge is 2.27. The molecule has 0 amide bonds. The van der Waals surface area contributed by atoms with Crippen molar-refractivity contribution in [3.63, 3.8) is 0 Å². The van der Waals surface area contributed by atoms with E-state index in [1.807, 2.05) is 0 Å². The number of unbranched alkanes of at least 4 members (excludes halogenated alkanes) is 11. The van der Waals surface area contributed by atoms with Crippen molar-refractivity contribution >= 4 is 0 Å². The van der Waals surface area contributed by atoms with Gasteiger partial charge in [0.25, 0.3) is 0 Å². The molecule has 0 bridgehead atoms. The Morgan fingerprint density at radius 1 is 0.675 bits per heavy atom. The summed E-state index contributed by atoms with van der Waals surface area (Å²) in [5, 5.41) is 9.97. The zero-order chi connectivity index (χ0) is 28.3. The van der Waals surface area contributed by atoms with Crippen molar-refractivity contribution in [2.45, 2.75) is 136 Å². The molecule has 2 heteroatoms. The maximum Gasteiger partial charge on any atom is 0.119 e. The molecule has 0 radical (unpaired) electrons. The lowest BCUT2D eigenvalue weighted by Crippen LogP contribution is -2.22. The molecule has 1 atom stereocenters. The fourth-order valence-electron chi connectivity index (χ4n) is 6.49. The number of nitriles is 1. The van der Waals surface area contributed by atoms with Crippen LogP contribution in [0.2, 0.25) is 0 Å². The molecule has 0 aromatic heterocycles. The number of hydrogen-bond acceptors (Lipinski definition) is 2. The maximum atomic E-state index is 9.97. The van der Waals surface area contributed by atoms with E-state index >= 15 is 0 Å². The minimum Gasteiger partial charge on any atom is -0.494 e. The van der Waals surface area contributed by atoms with Gasteiger partial charge < -0.3 is 4.74 Å². The normalized spacial score (nSPS) is 17.8. The Balaban J connectivity index is 1.36. The molecule has 0 aliphatic heterocycles. The van der Waals surface area contributed by atoms with Gasteiger partial charge in [0.15, 0.2) is 0 Å². The number of benzene rings is 2. The Kier molecular flexibility index (Phi) is 15.9. The third-order valence-electron chi connectivity index (χ3n) is 9.21. The number of nitrogens with zero attached hydrogens (tertiary/aromatic N) is 1. The monoisotopic (exact) mass is 543 g/mol. The molecule has 1 aliphatic carbocycles. The quantitative estimate of drug-likeness (QED) is 0.156. The molecular formula is C38H57NO. The molecule has 0 spiro atoms. The van der Waals surface area contributed by atoms with Crippen LogP contribution in [0.25, 0.3) is 11.1 Å². The zero-order valence-corrected chi connectivity index (χ0v) is 25.8. The Bertz CT molecular complexity index is 933. The molecular weight excluding hydrogens is 486 g/mol. The summed E-state index contributed by atoms with van der Waals surface area (Å²) >= 11 is 0. The van der Waals surface area contributed by atoms with E-state index < -0.39 is 0 Å². The molecule has 2 nitrogen and oxygen atoms in total. The molecule has 0 saturated heterocycles. The van der Waals surface area contributed by atoms with E-state index in [-0.39, 0.29) is 5.92 Å². The number of hydrogen-bond donors (Lipinski definition) is 0. The SMILES string of the molecule is CCCCCCCCCCOc1ccc(-c2ccc(CC(C#N)C3CCC(CCCCCCC)CC3)cc2)cc1. The second kappa shape index (κ2) is 19.7. The van der Waals surface area contributed by atoms with Crippen molar-refractivity contribution in [3.8, 4) is 22.9 Å². The van der Waals surface area contributed by atoms with E-state index in [4.69, 9.17) is 4.74 Å². The average molecular weight is 544 g/mol. The molecule has 1 fully saturated rings. The lowest BCUT2D eigenvalue weighted by atomic mass is 9.73. The van der Waals surface area contributed by atoms with Gasteiger partial charge in [-0.1, -0.05) is 147 Å². The molecule has 1 aliphatic rings. The van der Waals surface area contributed by atoms with E-state index in [2.05, 4.69) is 68.4 Å². The molecule has 1 saturated carbocycles. The highest BCUT2D eigenvalue weighted by Crippen LogP contribution is 2.37. The third-order valence-corrected chi connectivity index (χ3v) is 9.21. The number of rotatable bonds is 20. The third kappa shape index (κ3) is 12.1. The predicted molar refractivity (Wildman–Crippen MR) is 172 cm³/mol. The summed E-state index contributed by atoms with van der Waals surface area (Å²) in [4.78, 5) is 0. The van der Waals surface area contributed by atoms with E-state index in [1.165, 1.54) is 126 Å².